The number of nitrogens with one attached hydrogen (secondary N) is 1. The molecule has 11 heteroatoms. The second-order valence-electron chi connectivity index (χ2n) is 6.39. The number of rotatable bonds is 7. The van der Waals surface area contributed by atoms with E-state index in [1.807, 2.05) is 0 Å². The standard InChI is InChI=1S/C19H17ClN4O5S/c1-13-2-7-16(24(26)27)12-18(13)30(28,29)21-10-11-23-19(25)9-8-17(22-23)14-3-5-15(20)6-4-14/h2-9,12,21H,10-11H2,1H3. The van der Waals surface area contributed by atoms with Crippen molar-refractivity contribution in [1.29, 1.82) is 0 Å². The van der Waals surface area contributed by atoms with E-state index in [-0.39, 0.29) is 23.7 Å². The van der Waals surface area contributed by atoms with Crippen LogP contribution in [0.3, 0.4) is 0 Å². The van der Waals surface area contributed by atoms with Gasteiger partial charge in [0.25, 0.3) is 11.2 Å². The fraction of sp³-hybridized carbons (Fsp3) is 0.158. The van der Waals surface area contributed by atoms with Crippen LogP contribution in [0.5, 0.6) is 0 Å². The number of halogens is 1. The number of non-ortho nitro benzene ring substituents is 1. The minimum absolute atomic E-state index is 0.0204. The molecule has 0 saturated heterocycles. The number of benzene rings is 2. The van der Waals surface area contributed by atoms with Gasteiger partial charge >= 0.3 is 0 Å². The van der Waals surface area contributed by atoms with E-state index in [0.717, 1.165) is 16.3 Å². The third-order valence-corrected chi connectivity index (χ3v) is 6.15. The van der Waals surface area contributed by atoms with E-state index >= 15 is 0 Å². The summed E-state index contributed by atoms with van der Waals surface area (Å²) in [7, 11) is -4.01. The largest absolute Gasteiger partial charge is 0.270 e. The summed E-state index contributed by atoms with van der Waals surface area (Å²) in [5, 5.41) is 15.8. The van der Waals surface area contributed by atoms with Crippen LogP contribution in [0.25, 0.3) is 11.3 Å². The van der Waals surface area contributed by atoms with Gasteiger partial charge in [0, 0.05) is 35.3 Å². The lowest BCUT2D eigenvalue weighted by atomic mass is 10.1. The Morgan fingerprint density at radius 2 is 1.83 bits per heavy atom. The van der Waals surface area contributed by atoms with Gasteiger partial charge in [-0.15, -0.1) is 0 Å². The van der Waals surface area contributed by atoms with Gasteiger partial charge in [-0.2, -0.15) is 5.10 Å². The topological polar surface area (TPSA) is 124 Å². The van der Waals surface area contributed by atoms with E-state index in [1.54, 1.807) is 37.3 Å². The SMILES string of the molecule is Cc1ccc([N+](=O)[O-])cc1S(=O)(=O)NCCn1nc(-c2ccc(Cl)cc2)ccc1=O. The van der Waals surface area contributed by atoms with Gasteiger partial charge in [0.05, 0.1) is 22.1 Å². The molecule has 0 unspecified atom stereocenters. The van der Waals surface area contributed by atoms with Gasteiger partial charge in [-0.25, -0.2) is 17.8 Å². The fourth-order valence-corrected chi connectivity index (χ4v) is 4.15. The van der Waals surface area contributed by atoms with Crippen molar-refractivity contribution < 1.29 is 13.3 Å². The zero-order chi connectivity index (χ0) is 21.9. The molecule has 0 spiro atoms. The minimum atomic E-state index is -4.01. The van der Waals surface area contributed by atoms with Crippen LogP contribution in [-0.4, -0.2) is 29.7 Å². The summed E-state index contributed by atoms with van der Waals surface area (Å²) in [4.78, 5) is 22.2. The van der Waals surface area contributed by atoms with Crippen LogP contribution in [0, 0.1) is 17.0 Å². The fourth-order valence-electron chi connectivity index (χ4n) is 2.74. The molecule has 156 valence electrons. The summed E-state index contributed by atoms with van der Waals surface area (Å²) in [5.74, 6) is 0. The van der Waals surface area contributed by atoms with Crippen molar-refractivity contribution in [3.63, 3.8) is 0 Å². The molecular weight excluding hydrogens is 432 g/mol. The molecule has 1 aromatic heterocycles. The second kappa shape index (κ2) is 8.74. The van der Waals surface area contributed by atoms with Crippen LogP contribution in [0.15, 0.2) is 64.3 Å². The van der Waals surface area contributed by atoms with E-state index in [4.69, 9.17) is 11.6 Å². The Bertz CT molecular complexity index is 1260. The quantitative estimate of drug-likeness (QED) is 0.437. The third kappa shape index (κ3) is 4.90. The summed E-state index contributed by atoms with van der Waals surface area (Å²) < 4.78 is 28.6. The number of aryl methyl sites for hydroxylation is 1. The maximum Gasteiger partial charge on any atom is 0.270 e. The van der Waals surface area contributed by atoms with Crippen molar-refractivity contribution in [3.05, 3.63) is 85.7 Å². The summed E-state index contributed by atoms with van der Waals surface area (Å²) in [5.41, 5.74) is 0.936. The smallest absolute Gasteiger partial charge is 0.268 e. The second-order valence-corrected chi connectivity index (χ2v) is 8.56. The molecule has 0 radical (unpaired) electrons. The lowest BCUT2D eigenvalue weighted by Gasteiger charge is -2.11. The van der Waals surface area contributed by atoms with Gasteiger partial charge in [-0.3, -0.25) is 14.9 Å². The highest BCUT2D eigenvalue weighted by atomic mass is 35.5. The predicted molar refractivity (Wildman–Crippen MR) is 112 cm³/mol. The van der Waals surface area contributed by atoms with E-state index < -0.39 is 20.5 Å². The Kier molecular flexibility index (Phi) is 6.30. The van der Waals surface area contributed by atoms with Gasteiger partial charge in [0.15, 0.2) is 0 Å². The summed E-state index contributed by atoms with van der Waals surface area (Å²) in [6.45, 7) is 1.40. The monoisotopic (exact) mass is 448 g/mol. The van der Waals surface area contributed by atoms with Gasteiger partial charge < -0.3 is 0 Å². The van der Waals surface area contributed by atoms with Gasteiger partial charge in [-0.05, 0) is 30.7 Å². The van der Waals surface area contributed by atoms with Crippen molar-refractivity contribution >= 4 is 27.3 Å². The molecule has 0 bridgehead atoms. The molecule has 3 rings (SSSR count). The van der Waals surface area contributed by atoms with Crippen LogP contribution in [-0.2, 0) is 16.6 Å². The number of nitrogens with zero attached hydrogens (tertiary/aromatic N) is 3. The Balaban J connectivity index is 1.77. The Labute approximate surface area is 177 Å². The summed E-state index contributed by atoms with van der Waals surface area (Å²) in [6.07, 6.45) is 0. The highest BCUT2D eigenvalue weighted by Crippen LogP contribution is 2.21. The van der Waals surface area contributed by atoms with Crippen LogP contribution in [0.2, 0.25) is 5.02 Å². The molecule has 30 heavy (non-hydrogen) atoms. The average molecular weight is 449 g/mol. The van der Waals surface area contributed by atoms with Crippen LogP contribution in [0.1, 0.15) is 5.56 Å². The van der Waals surface area contributed by atoms with E-state index in [1.165, 1.54) is 18.2 Å². The molecule has 0 amide bonds. The first-order chi connectivity index (χ1) is 14.2. The lowest BCUT2D eigenvalue weighted by molar-refractivity contribution is -0.385. The third-order valence-electron chi connectivity index (χ3n) is 4.29. The maximum atomic E-state index is 12.6. The van der Waals surface area contributed by atoms with E-state index in [9.17, 15) is 23.3 Å². The zero-order valence-electron chi connectivity index (χ0n) is 15.8. The number of hydrogen-bond donors (Lipinski definition) is 1. The molecule has 3 aromatic rings. The van der Waals surface area contributed by atoms with Crippen molar-refractivity contribution in [2.75, 3.05) is 6.54 Å². The van der Waals surface area contributed by atoms with Crippen LogP contribution < -0.4 is 10.3 Å². The zero-order valence-corrected chi connectivity index (χ0v) is 17.4. The first kappa shape index (κ1) is 21.6. The van der Waals surface area contributed by atoms with Gasteiger partial charge in [-0.1, -0.05) is 29.8 Å². The molecule has 0 atom stereocenters. The minimum Gasteiger partial charge on any atom is -0.268 e. The maximum absolute atomic E-state index is 12.6. The number of nitro groups is 1. The van der Waals surface area contributed by atoms with Gasteiger partial charge in [0.1, 0.15) is 0 Å². The molecule has 0 aliphatic carbocycles. The van der Waals surface area contributed by atoms with E-state index in [0.29, 0.717) is 16.3 Å². The molecule has 1 heterocycles. The normalized spacial score (nSPS) is 11.4. The molecule has 0 fully saturated rings. The Morgan fingerprint density at radius 3 is 2.50 bits per heavy atom. The van der Waals surface area contributed by atoms with Crippen LogP contribution >= 0.6 is 11.6 Å². The molecular formula is C19H17ClN4O5S. The van der Waals surface area contributed by atoms with E-state index in [2.05, 4.69) is 9.82 Å². The van der Waals surface area contributed by atoms with Crippen molar-refractivity contribution in [2.24, 2.45) is 0 Å². The summed E-state index contributed by atoms with van der Waals surface area (Å²) in [6, 6.07) is 13.4. The molecule has 9 nitrogen and oxygen atoms in total. The Morgan fingerprint density at radius 1 is 1.13 bits per heavy atom. The number of sulfonamides is 1. The van der Waals surface area contributed by atoms with Gasteiger partial charge in [0.2, 0.25) is 10.0 Å². The van der Waals surface area contributed by atoms with Crippen LogP contribution in [0.4, 0.5) is 5.69 Å². The number of aromatic nitrogens is 2. The lowest BCUT2D eigenvalue weighted by Crippen LogP contribution is -2.32. The molecule has 0 aliphatic rings. The summed E-state index contributed by atoms with van der Waals surface area (Å²) >= 11 is 5.88. The van der Waals surface area contributed by atoms with Crippen molar-refractivity contribution in [3.8, 4) is 11.3 Å². The first-order valence-electron chi connectivity index (χ1n) is 8.76. The molecule has 0 saturated carbocycles. The average Bonchev–Trinajstić information content (AvgIpc) is 2.70. The van der Waals surface area contributed by atoms with Crippen molar-refractivity contribution in [2.45, 2.75) is 18.4 Å². The van der Waals surface area contributed by atoms with Crippen molar-refractivity contribution in [1.82, 2.24) is 14.5 Å². The number of nitro benzene ring substituents is 1. The Hall–Kier alpha value is -3.08. The molecule has 1 N–H and O–H groups in total. The highest BCUT2D eigenvalue weighted by Gasteiger charge is 2.20. The first-order valence-corrected chi connectivity index (χ1v) is 10.6. The predicted octanol–water partition coefficient (Wildman–Crippen LogP) is 2.76. The molecule has 0 aliphatic heterocycles. The number of hydrogen-bond acceptors (Lipinski definition) is 6. The highest BCUT2D eigenvalue weighted by molar-refractivity contribution is 7.89. The molecule has 2 aromatic carbocycles.